The van der Waals surface area contributed by atoms with Crippen LogP contribution in [0.25, 0.3) is 0 Å². The molecule has 39 heavy (non-hydrogen) atoms. The van der Waals surface area contributed by atoms with Gasteiger partial charge >= 0.3 is 0 Å². The first-order valence-electron chi connectivity index (χ1n) is 13.0. The predicted octanol–water partition coefficient (Wildman–Crippen LogP) is 4.48. The van der Waals surface area contributed by atoms with Gasteiger partial charge < -0.3 is 10.2 Å². The van der Waals surface area contributed by atoms with Crippen molar-refractivity contribution in [2.45, 2.75) is 64.1 Å². The van der Waals surface area contributed by atoms with Crippen LogP contribution in [0.4, 0.5) is 0 Å². The SMILES string of the molecule is Cc1ccc(S(=O)(=O)N(C)CC(=O)N(Cc2cccc(C)c2)[C@@H](Cc2ccccc2)C(=O)NC(C)(C)C)cc1. The van der Waals surface area contributed by atoms with Crippen LogP contribution in [0.15, 0.2) is 83.8 Å². The molecule has 1 N–H and O–H groups in total. The molecule has 0 aromatic heterocycles. The highest BCUT2D eigenvalue weighted by Gasteiger charge is 2.34. The Hall–Kier alpha value is -3.49. The highest BCUT2D eigenvalue weighted by molar-refractivity contribution is 7.89. The Kier molecular flexibility index (Phi) is 9.69. The summed E-state index contributed by atoms with van der Waals surface area (Å²) in [5.74, 6) is -0.754. The minimum absolute atomic E-state index is 0.111. The Bertz CT molecular complexity index is 1380. The number of nitrogens with one attached hydrogen (secondary N) is 1. The van der Waals surface area contributed by atoms with Crippen molar-refractivity contribution in [3.05, 3.63) is 101 Å². The smallest absolute Gasteiger partial charge is 0.243 e. The number of amides is 2. The predicted molar refractivity (Wildman–Crippen MR) is 155 cm³/mol. The van der Waals surface area contributed by atoms with E-state index >= 15 is 0 Å². The van der Waals surface area contributed by atoms with Crippen LogP contribution < -0.4 is 5.32 Å². The standard InChI is InChI=1S/C31H39N3O4S/c1-23-15-17-27(18-16-23)39(37,38)33(6)22-29(35)34(21-26-14-10-11-24(2)19-26)28(30(36)32-31(3,4)5)20-25-12-8-7-9-13-25/h7-19,28H,20-22H2,1-6H3,(H,32,36)/t28-/m0/s1. The highest BCUT2D eigenvalue weighted by Crippen LogP contribution is 2.19. The summed E-state index contributed by atoms with van der Waals surface area (Å²) in [7, 11) is -2.52. The molecular weight excluding hydrogens is 510 g/mol. The van der Waals surface area contributed by atoms with E-state index in [1.807, 2.05) is 89.2 Å². The van der Waals surface area contributed by atoms with Gasteiger partial charge in [0, 0.05) is 25.6 Å². The van der Waals surface area contributed by atoms with Crippen molar-refractivity contribution in [1.82, 2.24) is 14.5 Å². The van der Waals surface area contributed by atoms with E-state index in [0.717, 1.165) is 26.6 Å². The van der Waals surface area contributed by atoms with Gasteiger partial charge in [-0.2, -0.15) is 4.31 Å². The lowest BCUT2D eigenvalue weighted by Gasteiger charge is -2.34. The van der Waals surface area contributed by atoms with Gasteiger partial charge in [-0.25, -0.2) is 8.42 Å². The lowest BCUT2D eigenvalue weighted by molar-refractivity contribution is -0.141. The van der Waals surface area contributed by atoms with Gasteiger partial charge in [-0.3, -0.25) is 9.59 Å². The zero-order chi connectivity index (χ0) is 28.8. The number of hydrogen-bond acceptors (Lipinski definition) is 4. The van der Waals surface area contributed by atoms with E-state index in [2.05, 4.69) is 5.32 Å². The first kappa shape index (κ1) is 30.1. The van der Waals surface area contributed by atoms with Crippen LogP contribution in [0.1, 0.15) is 43.0 Å². The molecule has 0 aliphatic heterocycles. The number of rotatable bonds is 10. The Morgan fingerprint density at radius 3 is 2.05 bits per heavy atom. The second-order valence-electron chi connectivity index (χ2n) is 11.0. The Morgan fingerprint density at radius 2 is 1.46 bits per heavy atom. The number of nitrogens with zero attached hydrogens (tertiary/aromatic N) is 2. The molecule has 0 bridgehead atoms. The highest BCUT2D eigenvalue weighted by atomic mass is 32.2. The topological polar surface area (TPSA) is 86.8 Å². The molecule has 1 atom stereocenters. The lowest BCUT2D eigenvalue weighted by Crippen LogP contribution is -2.56. The van der Waals surface area contributed by atoms with E-state index < -0.39 is 34.1 Å². The molecule has 8 heteroatoms. The summed E-state index contributed by atoms with van der Waals surface area (Å²) < 4.78 is 27.6. The van der Waals surface area contributed by atoms with Gasteiger partial charge in [0.05, 0.1) is 11.4 Å². The third-order valence-electron chi connectivity index (χ3n) is 6.29. The molecule has 0 saturated heterocycles. The summed E-state index contributed by atoms with van der Waals surface area (Å²) in [6.45, 7) is 9.26. The number of likely N-dealkylation sites (N-methyl/N-ethyl adjacent to an activating group) is 1. The lowest BCUT2D eigenvalue weighted by atomic mass is 10.0. The molecule has 0 fully saturated rings. The van der Waals surface area contributed by atoms with Crippen molar-refractivity contribution in [2.24, 2.45) is 0 Å². The third-order valence-corrected chi connectivity index (χ3v) is 8.11. The average molecular weight is 550 g/mol. The number of aryl methyl sites for hydroxylation is 2. The monoisotopic (exact) mass is 549 g/mol. The minimum Gasteiger partial charge on any atom is -0.350 e. The molecule has 0 saturated carbocycles. The summed E-state index contributed by atoms with van der Waals surface area (Å²) >= 11 is 0. The summed E-state index contributed by atoms with van der Waals surface area (Å²) in [6.07, 6.45) is 0.286. The molecule has 0 aliphatic carbocycles. The zero-order valence-corrected chi connectivity index (χ0v) is 24.5. The Morgan fingerprint density at radius 1 is 0.846 bits per heavy atom. The molecule has 3 aromatic rings. The van der Waals surface area contributed by atoms with Crippen LogP contribution in [-0.4, -0.2) is 54.6 Å². The second kappa shape index (κ2) is 12.6. The van der Waals surface area contributed by atoms with Crippen molar-refractivity contribution in [2.75, 3.05) is 13.6 Å². The summed E-state index contributed by atoms with van der Waals surface area (Å²) in [5, 5.41) is 3.02. The van der Waals surface area contributed by atoms with Crippen molar-refractivity contribution in [3.63, 3.8) is 0 Å². The fraction of sp³-hybridized carbons (Fsp3) is 0.355. The molecular formula is C31H39N3O4S. The number of carbonyl (C=O) groups is 2. The van der Waals surface area contributed by atoms with Crippen LogP contribution in [0, 0.1) is 13.8 Å². The van der Waals surface area contributed by atoms with Gasteiger partial charge in [0.25, 0.3) is 0 Å². The zero-order valence-electron chi connectivity index (χ0n) is 23.6. The third kappa shape index (κ3) is 8.50. The van der Waals surface area contributed by atoms with Gasteiger partial charge in [-0.1, -0.05) is 77.9 Å². The van der Waals surface area contributed by atoms with Crippen molar-refractivity contribution in [1.29, 1.82) is 0 Å². The summed E-state index contributed by atoms with van der Waals surface area (Å²) in [6, 6.07) is 22.9. The van der Waals surface area contributed by atoms with Crippen molar-refractivity contribution < 1.29 is 18.0 Å². The molecule has 0 heterocycles. The minimum atomic E-state index is -3.91. The maximum Gasteiger partial charge on any atom is 0.243 e. The van der Waals surface area contributed by atoms with Gasteiger partial charge in [-0.05, 0) is 57.9 Å². The fourth-order valence-corrected chi connectivity index (χ4v) is 5.39. The number of sulfonamides is 1. The fourth-order valence-electron chi connectivity index (χ4n) is 4.27. The van der Waals surface area contributed by atoms with Crippen LogP contribution in [0.5, 0.6) is 0 Å². The maximum absolute atomic E-state index is 13.9. The molecule has 0 unspecified atom stereocenters. The largest absolute Gasteiger partial charge is 0.350 e. The Labute approximate surface area is 232 Å². The second-order valence-corrected chi connectivity index (χ2v) is 13.1. The number of benzene rings is 3. The molecule has 2 amide bonds. The average Bonchev–Trinajstić information content (AvgIpc) is 2.86. The number of carbonyl (C=O) groups excluding carboxylic acids is 2. The van der Waals surface area contributed by atoms with Crippen LogP contribution in [-0.2, 0) is 32.6 Å². The van der Waals surface area contributed by atoms with E-state index in [0.29, 0.717) is 0 Å². The first-order valence-corrected chi connectivity index (χ1v) is 14.4. The normalized spacial score (nSPS) is 12.7. The van der Waals surface area contributed by atoms with Gasteiger partial charge in [-0.15, -0.1) is 0 Å². The molecule has 208 valence electrons. The molecule has 0 spiro atoms. The van der Waals surface area contributed by atoms with E-state index in [1.54, 1.807) is 12.1 Å². The first-order chi connectivity index (χ1) is 18.3. The maximum atomic E-state index is 13.9. The van der Waals surface area contributed by atoms with Gasteiger partial charge in [0.15, 0.2) is 0 Å². The molecule has 0 aliphatic rings. The molecule has 3 rings (SSSR count). The van der Waals surface area contributed by atoms with Crippen molar-refractivity contribution >= 4 is 21.8 Å². The quantitative estimate of drug-likeness (QED) is 0.404. The van der Waals surface area contributed by atoms with Gasteiger partial charge in [0.1, 0.15) is 6.04 Å². The van der Waals surface area contributed by atoms with Crippen LogP contribution >= 0.6 is 0 Å². The van der Waals surface area contributed by atoms with E-state index in [-0.39, 0.29) is 23.8 Å². The molecule has 7 nitrogen and oxygen atoms in total. The summed E-state index contributed by atoms with van der Waals surface area (Å²) in [5.41, 5.74) is 3.20. The molecule has 0 radical (unpaired) electrons. The molecule has 3 aromatic carbocycles. The van der Waals surface area contributed by atoms with E-state index in [4.69, 9.17) is 0 Å². The van der Waals surface area contributed by atoms with E-state index in [9.17, 15) is 18.0 Å². The van der Waals surface area contributed by atoms with Crippen LogP contribution in [0.3, 0.4) is 0 Å². The summed E-state index contributed by atoms with van der Waals surface area (Å²) in [4.78, 5) is 29.2. The van der Waals surface area contributed by atoms with Crippen molar-refractivity contribution in [3.8, 4) is 0 Å². The van der Waals surface area contributed by atoms with E-state index in [1.165, 1.54) is 24.1 Å². The van der Waals surface area contributed by atoms with Gasteiger partial charge in [0.2, 0.25) is 21.8 Å². The van der Waals surface area contributed by atoms with Crippen LogP contribution in [0.2, 0.25) is 0 Å². The number of hydrogen-bond donors (Lipinski definition) is 1. The Balaban J connectivity index is 1.99.